The Kier molecular flexibility index (Phi) is 10.1. The van der Waals surface area contributed by atoms with Gasteiger partial charge in [0.05, 0.1) is 11.7 Å². The number of hydrogen-bond acceptors (Lipinski definition) is 10. The molecule has 0 bridgehead atoms. The molecule has 1 aromatic rings. The van der Waals surface area contributed by atoms with Crippen molar-refractivity contribution in [2.24, 2.45) is 5.16 Å². The van der Waals surface area contributed by atoms with Gasteiger partial charge in [-0.25, -0.2) is 4.98 Å². The van der Waals surface area contributed by atoms with Crippen LogP contribution in [0.25, 0.3) is 0 Å². The van der Waals surface area contributed by atoms with Gasteiger partial charge in [0.15, 0.2) is 10.8 Å². The molecule has 2 aliphatic rings. The number of carbonyl (C=O) groups is 3. The van der Waals surface area contributed by atoms with Crippen LogP contribution in [0.5, 0.6) is 0 Å². The first-order chi connectivity index (χ1) is 11.9. The van der Waals surface area contributed by atoms with E-state index in [4.69, 9.17) is 5.73 Å². The summed E-state index contributed by atoms with van der Waals surface area (Å²) in [7, 11) is 1.27. The maximum absolute atomic E-state index is 12.5. The van der Waals surface area contributed by atoms with Crippen molar-refractivity contribution in [3.05, 3.63) is 22.8 Å². The number of nitrogens with zero attached hydrogens (tertiary/aromatic N) is 3. The number of aliphatic carboxylic acids is 1. The smallest absolute Gasteiger partial charge is 0.543 e. The predicted molar refractivity (Wildman–Crippen MR) is 95.4 cm³/mol. The Morgan fingerprint density at radius 3 is 2.68 bits per heavy atom. The van der Waals surface area contributed by atoms with E-state index in [2.05, 4.69) is 20.3 Å². The summed E-state index contributed by atoms with van der Waals surface area (Å²) in [5.74, 6) is -2.24. The van der Waals surface area contributed by atoms with E-state index in [-0.39, 0.29) is 62.7 Å². The summed E-state index contributed by atoms with van der Waals surface area (Å²) in [5, 5.41) is 18.5. The van der Waals surface area contributed by atoms with Gasteiger partial charge in [0, 0.05) is 11.1 Å². The van der Waals surface area contributed by atoms with Crippen molar-refractivity contribution in [2.45, 2.75) is 11.4 Å². The van der Waals surface area contributed by atoms with Crippen molar-refractivity contribution in [3.8, 4) is 0 Å². The van der Waals surface area contributed by atoms with Gasteiger partial charge in [0.1, 0.15) is 24.2 Å². The fraction of sp³-hybridized carbons (Fsp3) is 0.308. The minimum Gasteiger partial charge on any atom is -0.543 e. The number of oxime groups is 1. The van der Waals surface area contributed by atoms with E-state index in [1.807, 2.05) is 0 Å². The van der Waals surface area contributed by atoms with E-state index in [1.165, 1.54) is 30.3 Å². The summed E-state index contributed by atoms with van der Waals surface area (Å²) in [4.78, 5) is 45.5. The Bertz CT molecular complexity index is 815. The summed E-state index contributed by atoms with van der Waals surface area (Å²) < 4.78 is 0. The molecule has 0 aromatic carbocycles. The van der Waals surface area contributed by atoms with Gasteiger partial charge in [-0.3, -0.25) is 14.5 Å². The predicted octanol–water partition coefficient (Wildman–Crippen LogP) is -6.54. The van der Waals surface area contributed by atoms with Gasteiger partial charge < -0.3 is 36.7 Å². The number of β-lactam (4-membered cyclic amide) rings is 1. The molecule has 2 aliphatic heterocycles. The zero-order chi connectivity index (χ0) is 18.1. The molecule has 1 saturated heterocycles. The molecule has 2 amide bonds. The number of nitrogens with one attached hydrogen (secondary N) is 1. The van der Waals surface area contributed by atoms with Crippen molar-refractivity contribution in [3.63, 3.8) is 0 Å². The third-order valence-corrected chi connectivity index (χ3v) is 5.36. The number of fused-ring (bicyclic) bond motifs is 1. The third-order valence-electron chi connectivity index (χ3n) is 3.50. The summed E-state index contributed by atoms with van der Waals surface area (Å²) in [6.07, 6.45) is 1.41. The average Bonchev–Trinajstić information content (AvgIpc) is 3.02. The summed E-state index contributed by atoms with van der Waals surface area (Å²) in [6.45, 7) is 0. The molecule has 2 atom stereocenters. The Morgan fingerprint density at radius 1 is 1.46 bits per heavy atom. The number of hydrogen-bond donors (Lipinski definition) is 2. The van der Waals surface area contributed by atoms with Crippen LogP contribution in [0.4, 0.5) is 5.13 Å². The summed E-state index contributed by atoms with van der Waals surface area (Å²) in [5.41, 5.74) is 5.46. The van der Waals surface area contributed by atoms with Gasteiger partial charge in [-0.1, -0.05) is 5.16 Å². The van der Waals surface area contributed by atoms with Gasteiger partial charge in [-0.05, 0) is 6.08 Å². The second-order valence-corrected chi connectivity index (χ2v) is 6.99. The van der Waals surface area contributed by atoms with Crippen LogP contribution < -0.4 is 45.7 Å². The molecule has 0 aliphatic carbocycles. The van der Waals surface area contributed by atoms with E-state index in [1.54, 1.807) is 0 Å². The number of thiazole rings is 1. The van der Waals surface area contributed by atoms with E-state index >= 15 is 0 Å². The topological polar surface area (TPSA) is 213 Å². The van der Waals surface area contributed by atoms with Gasteiger partial charge in [-0.15, -0.1) is 23.1 Å². The molecule has 3 heterocycles. The van der Waals surface area contributed by atoms with Crippen LogP contribution in [0.15, 0.2) is 22.3 Å². The van der Waals surface area contributed by atoms with Gasteiger partial charge in [-0.2, -0.15) is 0 Å². The monoisotopic (exact) mass is 441 g/mol. The Hall–Kier alpha value is -1.68. The first-order valence-electron chi connectivity index (χ1n) is 6.93. The number of nitrogen functional groups attached to an aromatic ring is 1. The number of anilines is 1. The SMILES string of the molecule is CON=C(C(=O)NC1C(=O)N2C(C(=O)[O-])=CCS[C@H]12)c1csc(N)n1.O.O.[Na+]. The molecule has 12 nitrogen and oxygen atoms in total. The molecule has 1 aromatic heterocycles. The molecule has 148 valence electrons. The first kappa shape index (κ1) is 26.3. The number of rotatable bonds is 5. The van der Waals surface area contributed by atoms with Crippen molar-refractivity contribution < 1.29 is 64.8 Å². The third kappa shape index (κ3) is 4.83. The zero-order valence-corrected chi connectivity index (χ0v) is 18.4. The molecule has 15 heteroatoms. The van der Waals surface area contributed by atoms with E-state index in [0.717, 1.165) is 16.2 Å². The van der Waals surface area contributed by atoms with E-state index < -0.39 is 29.2 Å². The number of carbonyl (C=O) groups excluding carboxylic acids is 3. The standard InChI is InChI=1S/C13H13N5O5S2.Na.2H2O/c1-23-17-7(5-4-25-13(14)15-5)9(19)16-8-10(20)18-6(12(21)22)2-3-24-11(8)18;;;/h2,4,8,11H,3H2,1H3,(H2,14,15)(H,16,19)(H,21,22);;2*1H2/q;+1;;/p-1/t8?,11-;;;/m1.../s1. The van der Waals surface area contributed by atoms with Crippen LogP contribution in [-0.2, 0) is 19.2 Å². The number of nitrogens with two attached hydrogens (primary N) is 1. The molecule has 28 heavy (non-hydrogen) atoms. The number of carboxylic acids is 1. The van der Waals surface area contributed by atoms with Gasteiger partial charge in [0.2, 0.25) is 0 Å². The number of carboxylic acid groups (broad SMARTS) is 1. The Balaban J connectivity index is 0.00000243. The van der Waals surface area contributed by atoms with Crippen molar-refractivity contribution in [2.75, 3.05) is 18.6 Å². The molecule has 1 fully saturated rings. The second kappa shape index (κ2) is 10.8. The molecule has 7 N–H and O–H groups in total. The van der Waals surface area contributed by atoms with Crippen LogP contribution in [-0.4, -0.2) is 68.6 Å². The number of aromatic nitrogens is 1. The zero-order valence-electron chi connectivity index (χ0n) is 14.8. The average molecular weight is 441 g/mol. The van der Waals surface area contributed by atoms with Gasteiger partial charge in [0.25, 0.3) is 11.8 Å². The molecule has 0 spiro atoms. The Labute approximate surface area is 189 Å². The molecular weight excluding hydrogens is 425 g/mol. The normalized spacial score (nSPS) is 20.2. The maximum Gasteiger partial charge on any atom is 1.00 e. The summed E-state index contributed by atoms with van der Waals surface area (Å²) in [6, 6.07) is -0.876. The molecule has 0 radical (unpaired) electrons. The fourth-order valence-electron chi connectivity index (χ4n) is 2.43. The van der Waals surface area contributed by atoms with E-state index in [9.17, 15) is 19.5 Å². The minimum absolute atomic E-state index is 0. The van der Waals surface area contributed by atoms with Crippen LogP contribution in [0, 0.1) is 0 Å². The van der Waals surface area contributed by atoms with Crippen molar-refractivity contribution in [1.29, 1.82) is 0 Å². The summed E-state index contributed by atoms with van der Waals surface area (Å²) >= 11 is 2.46. The van der Waals surface area contributed by atoms with Crippen LogP contribution >= 0.6 is 23.1 Å². The number of amides is 2. The maximum atomic E-state index is 12.5. The molecule has 3 rings (SSSR count). The van der Waals surface area contributed by atoms with Crippen LogP contribution in [0.3, 0.4) is 0 Å². The molecular formula is C13H16N5NaO7S2. The minimum atomic E-state index is -1.43. The van der Waals surface area contributed by atoms with Crippen LogP contribution in [0.1, 0.15) is 5.69 Å². The second-order valence-electron chi connectivity index (χ2n) is 4.95. The van der Waals surface area contributed by atoms with Gasteiger partial charge >= 0.3 is 29.6 Å². The van der Waals surface area contributed by atoms with Crippen molar-refractivity contribution in [1.82, 2.24) is 15.2 Å². The van der Waals surface area contributed by atoms with Crippen LogP contribution in [0.2, 0.25) is 0 Å². The molecule has 0 saturated carbocycles. The Morgan fingerprint density at radius 2 is 2.14 bits per heavy atom. The largest absolute Gasteiger partial charge is 1.00 e. The van der Waals surface area contributed by atoms with E-state index in [0.29, 0.717) is 5.75 Å². The van der Waals surface area contributed by atoms with Crippen molar-refractivity contribution >= 4 is 51.7 Å². The quantitative estimate of drug-likeness (QED) is 0.193. The first-order valence-corrected chi connectivity index (χ1v) is 8.86. The molecule has 1 unspecified atom stereocenters. The number of thioether (sulfide) groups is 1. The fourth-order valence-corrected chi connectivity index (χ4v) is 4.17.